The van der Waals surface area contributed by atoms with Gasteiger partial charge in [-0.05, 0) is 26.7 Å². The molecule has 0 unspecified atom stereocenters. The van der Waals surface area contributed by atoms with Crippen molar-refractivity contribution in [2.75, 3.05) is 26.3 Å². The summed E-state index contributed by atoms with van der Waals surface area (Å²) in [6.07, 6.45) is 5.60. The third-order valence-corrected chi connectivity index (χ3v) is 4.09. The van der Waals surface area contributed by atoms with E-state index in [0.29, 0.717) is 0 Å². The molecule has 0 atom stereocenters. The van der Waals surface area contributed by atoms with Crippen LogP contribution in [0.15, 0.2) is 0 Å². The zero-order valence-electron chi connectivity index (χ0n) is 10.7. The van der Waals surface area contributed by atoms with Crippen LogP contribution in [0.4, 0.5) is 0 Å². The van der Waals surface area contributed by atoms with Gasteiger partial charge >= 0.3 is 0 Å². The van der Waals surface area contributed by atoms with Gasteiger partial charge in [0, 0.05) is 18.6 Å². The van der Waals surface area contributed by atoms with E-state index in [1.807, 2.05) is 0 Å². The molecule has 3 heteroatoms. The number of hydrogen-bond donors (Lipinski definition) is 1. The molecule has 1 saturated carbocycles. The van der Waals surface area contributed by atoms with Crippen LogP contribution in [0.2, 0.25) is 0 Å². The van der Waals surface area contributed by atoms with Crippen molar-refractivity contribution in [2.24, 2.45) is 0 Å². The number of aliphatic hydroxyl groups is 1. The van der Waals surface area contributed by atoms with Crippen molar-refractivity contribution in [1.82, 2.24) is 4.90 Å². The van der Waals surface area contributed by atoms with Crippen molar-refractivity contribution in [3.8, 4) is 0 Å². The maximum atomic E-state index is 10.6. The molecular weight excluding hydrogens is 202 g/mol. The molecule has 0 bridgehead atoms. The number of β-amino-alcohol motifs (C(OH)–C–C–N with tert-alkyl or cyclic N) is 1. The fourth-order valence-corrected chi connectivity index (χ4v) is 2.91. The molecule has 2 rings (SSSR count). The summed E-state index contributed by atoms with van der Waals surface area (Å²) in [5.74, 6) is 0. The van der Waals surface area contributed by atoms with E-state index in [-0.39, 0.29) is 5.54 Å². The molecule has 1 heterocycles. The molecule has 0 aromatic carbocycles. The van der Waals surface area contributed by atoms with E-state index in [1.165, 1.54) is 19.3 Å². The number of rotatable bonds is 2. The Hall–Kier alpha value is -0.120. The number of morpholine rings is 1. The topological polar surface area (TPSA) is 32.7 Å². The molecule has 94 valence electrons. The number of nitrogens with zero attached hydrogens (tertiary/aromatic N) is 1. The SMILES string of the molecule is CC1(C)COCCN1CC1(O)CCCCC1. The molecule has 1 aliphatic carbocycles. The lowest BCUT2D eigenvalue weighted by Gasteiger charge is -2.46. The summed E-state index contributed by atoms with van der Waals surface area (Å²) in [5, 5.41) is 10.6. The standard InChI is InChI=1S/C13H25NO2/c1-12(2)11-16-9-8-14(12)10-13(15)6-4-3-5-7-13/h15H,3-11H2,1-2H3. The van der Waals surface area contributed by atoms with Crippen LogP contribution >= 0.6 is 0 Å². The summed E-state index contributed by atoms with van der Waals surface area (Å²) in [4.78, 5) is 2.40. The molecule has 3 nitrogen and oxygen atoms in total. The lowest BCUT2D eigenvalue weighted by molar-refractivity contribution is -0.101. The average molecular weight is 227 g/mol. The van der Waals surface area contributed by atoms with E-state index in [1.54, 1.807) is 0 Å². The Balaban J connectivity index is 1.96. The van der Waals surface area contributed by atoms with Gasteiger partial charge in [-0.3, -0.25) is 4.90 Å². The zero-order chi connectivity index (χ0) is 11.6. The highest BCUT2D eigenvalue weighted by molar-refractivity contribution is 4.92. The van der Waals surface area contributed by atoms with Crippen molar-refractivity contribution in [2.45, 2.75) is 57.1 Å². The molecule has 1 aliphatic heterocycles. The van der Waals surface area contributed by atoms with Crippen molar-refractivity contribution in [3.63, 3.8) is 0 Å². The molecule has 0 radical (unpaired) electrons. The van der Waals surface area contributed by atoms with Gasteiger partial charge in [-0.2, -0.15) is 0 Å². The molecular formula is C13H25NO2. The first-order valence-corrected chi connectivity index (χ1v) is 6.57. The molecule has 0 spiro atoms. The smallest absolute Gasteiger partial charge is 0.0774 e. The Kier molecular flexibility index (Phi) is 3.57. The van der Waals surface area contributed by atoms with Crippen LogP contribution < -0.4 is 0 Å². The van der Waals surface area contributed by atoms with Crippen molar-refractivity contribution >= 4 is 0 Å². The highest BCUT2D eigenvalue weighted by Gasteiger charge is 2.38. The predicted octanol–water partition coefficient (Wildman–Crippen LogP) is 1.79. The lowest BCUT2D eigenvalue weighted by atomic mass is 9.83. The van der Waals surface area contributed by atoms with E-state index in [9.17, 15) is 5.11 Å². The van der Waals surface area contributed by atoms with Gasteiger partial charge in [0.05, 0.1) is 18.8 Å². The van der Waals surface area contributed by atoms with Gasteiger partial charge in [0.1, 0.15) is 0 Å². The van der Waals surface area contributed by atoms with Crippen LogP contribution in [0.1, 0.15) is 46.0 Å². The van der Waals surface area contributed by atoms with Crippen LogP contribution in [-0.2, 0) is 4.74 Å². The second kappa shape index (κ2) is 4.63. The van der Waals surface area contributed by atoms with Crippen molar-refractivity contribution in [1.29, 1.82) is 0 Å². The van der Waals surface area contributed by atoms with E-state index < -0.39 is 5.60 Å². The highest BCUT2D eigenvalue weighted by atomic mass is 16.5. The highest BCUT2D eigenvalue weighted by Crippen LogP contribution is 2.31. The third kappa shape index (κ3) is 2.76. The van der Waals surface area contributed by atoms with Crippen molar-refractivity contribution < 1.29 is 9.84 Å². The third-order valence-electron chi connectivity index (χ3n) is 4.09. The normalized spacial score (nSPS) is 30.2. The molecule has 16 heavy (non-hydrogen) atoms. The predicted molar refractivity (Wildman–Crippen MR) is 64.5 cm³/mol. The minimum absolute atomic E-state index is 0.0748. The van der Waals surface area contributed by atoms with Gasteiger partial charge in [0.2, 0.25) is 0 Å². The Morgan fingerprint density at radius 1 is 1.19 bits per heavy atom. The van der Waals surface area contributed by atoms with Crippen molar-refractivity contribution in [3.05, 3.63) is 0 Å². The van der Waals surface area contributed by atoms with Gasteiger partial charge in [0.25, 0.3) is 0 Å². The Morgan fingerprint density at radius 2 is 1.88 bits per heavy atom. The molecule has 1 saturated heterocycles. The first-order valence-electron chi connectivity index (χ1n) is 6.57. The molecule has 2 aliphatic rings. The summed E-state index contributed by atoms with van der Waals surface area (Å²) >= 11 is 0. The van der Waals surface area contributed by atoms with Gasteiger partial charge in [-0.15, -0.1) is 0 Å². The van der Waals surface area contributed by atoms with E-state index in [2.05, 4.69) is 18.7 Å². The first-order chi connectivity index (χ1) is 7.52. The van der Waals surface area contributed by atoms with Crippen LogP contribution in [-0.4, -0.2) is 47.4 Å². The van der Waals surface area contributed by atoms with E-state index >= 15 is 0 Å². The molecule has 1 N–H and O–H groups in total. The number of ether oxygens (including phenoxy) is 1. The quantitative estimate of drug-likeness (QED) is 0.780. The molecule has 0 amide bonds. The summed E-state index contributed by atoms with van der Waals surface area (Å²) in [7, 11) is 0. The van der Waals surface area contributed by atoms with Crippen LogP contribution in [0, 0.1) is 0 Å². The van der Waals surface area contributed by atoms with Gasteiger partial charge in [-0.25, -0.2) is 0 Å². The zero-order valence-corrected chi connectivity index (χ0v) is 10.7. The van der Waals surface area contributed by atoms with Gasteiger partial charge in [-0.1, -0.05) is 19.3 Å². The summed E-state index contributed by atoms with van der Waals surface area (Å²) in [5.41, 5.74) is -0.363. The summed E-state index contributed by atoms with van der Waals surface area (Å²) < 4.78 is 5.51. The average Bonchev–Trinajstić information content (AvgIpc) is 2.22. The Bertz CT molecular complexity index is 234. The van der Waals surface area contributed by atoms with E-state index in [0.717, 1.165) is 39.1 Å². The van der Waals surface area contributed by atoms with Crippen LogP contribution in [0.5, 0.6) is 0 Å². The Labute approximate surface area is 98.8 Å². The lowest BCUT2D eigenvalue weighted by Crippen LogP contribution is -2.58. The molecule has 0 aromatic rings. The number of hydrogen-bond acceptors (Lipinski definition) is 3. The molecule has 2 fully saturated rings. The van der Waals surface area contributed by atoms with E-state index in [4.69, 9.17) is 4.74 Å². The fraction of sp³-hybridized carbons (Fsp3) is 1.00. The monoisotopic (exact) mass is 227 g/mol. The van der Waals surface area contributed by atoms with Gasteiger partial charge < -0.3 is 9.84 Å². The van der Waals surface area contributed by atoms with Crippen LogP contribution in [0.25, 0.3) is 0 Å². The Morgan fingerprint density at radius 3 is 2.50 bits per heavy atom. The minimum Gasteiger partial charge on any atom is -0.389 e. The first kappa shape index (κ1) is 12.3. The second-order valence-electron chi connectivity index (χ2n) is 6.07. The fourth-order valence-electron chi connectivity index (χ4n) is 2.91. The summed E-state index contributed by atoms with van der Waals surface area (Å²) in [6.45, 7) is 7.78. The minimum atomic E-state index is -0.438. The molecule has 0 aromatic heterocycles. The largest absolute Gasteiger partial charge is 0.389 e. The summed E-state index contributed by atoms with van der Waals surface area (Å²) in [6, 6.07) is 0. The second-order valence-corrected chi connectivity index (χ2v) is 6.07. The van der Waals surface area contributed by atoms with Gasteiger partial charge in [0.15, 0.2) is 0 Å². The maximum Gasteiger partial charge on any atom is 0.0774 e. The van der Waals surface area contributed by atoms with Crippen LogP contribution in [0.3, 0.4) is 0 Å². The maximum absolute atomic E-state index is 10.6.